The Bertz CT molecular complexity index is 344. The maximum Gasteiger partial charge on any atom is 0.0783 e. The summed E-state index contributed by atoms with van der Waals surface area (Å²) in [6, 6.07) is 0. The molecule has 0 fully saturated rings. The van der Waals surface area contributed by atoms with Crippen LogP contribution in [0.1, 0.15) is 16.7 Å². The first-order valence-electron chi connectivity index (χ1n) is 3.95. The molecule has 1 aliphatic heterocycles. The molecule has 0 radical (unpaired) electrons. The highest BCUT2D eigenvalue weighted by Gasteiger charge is 2.21. The Balaban J connectivity index is 2.77. The Morgan fingerprint density at radius 2 is 2.00 bits per heavy atom. The molecule has 1 aromatic carbocycles. The summed E-state index contributed by atoms with van der Waals surface area (Å²) in [5.74, 6) is 0. The molecule has 0 saturated carbocycles. The molecule has 13 heavy (non-hydrogen) atoms. The number of benzene rings is 1. The number of hydrogen-bond donors (Lipinski definition) is 1. The van der Waals surface area contributed by atoms with E-state index in [1.165, 1.54) is 5.56 Å². The zero-order valence-electron chi connectivity index (χ0n) is 7.16. The van der Waals surface area contributed by atoms with E-state index in [-0.39, 0.29) is 0 Å². The largest absolute Gasteiger partial charge is 0.397 e. The molecular weight excluding hydrogens is 253 g/mol. The van der Waals surface area contributed by atoms with Crippen molar-refractivity contribution in [1.82, 2.24) is 0 Å². The van der Waals surface area contributed by atoms with Crippen molar-refractivity contribution < 1.29 is 4.74 Å². The lowest BCUT2D eigenvalue weighted by atomic mass is 10.0. The summed E-state index contributed by atoms with van der Waals surface area (Å²) in [4.78, 5) is 0. The fourth-order valence-corrected chi connectivity index (χ4v) is 2.36. The van der Waals surface area contributed by atoms with Crippen molar-refractivity contribution in [2.75, 3.05) is 5.73 Å². The lowest BCUT2D eigenvalue weighted by Gasteiger charge is -2.10. The molecule has 0 aromatic heterocycles. The highest BCUT2D eigenvalue weighted by Crippen LogP contribution is 2.40. The maximum absolute atomic E-state index is 6.04. The third-order valence-corrected chi connectivity index (χ3v) is 3.90. The predicted molar refractivity (Wildman–Crippen MR) is 56.8 cm³/mol. The summed E-state index contributed by atoms with van der Waals surface area (Å²) in [5, 5.41) is 0.599. The Morgan fingerprint density at radius 3 is 2.69 bits per heavy atom. The first-order chi connectivity index (χ1) is 6.13. The summed E-state index contributed by atoms with van der Waals surface area (Å²) in [7, 11) is 0. The van der Waals surface area contributed by atoms with Gasteiger partial charge in [0.15, 0.2) is 0 Å². The van der Waals surface area contributed by atoms with E-state index in [9.17, 15) is 0 Å². The van der Waals surface area contributed by atoms with Crippen LogP contribution < -0.4 is 5.73 Å². The van der Waals surface area contributed by atoms with E-state index in [4.69, 9.17) is 22.1 Å². The Labute approximate surface area is 90.1 Å². The molecule has 0 atom stereocenters. The minimum atomic E-state index is 0.599. The Morgan fingerprint density at radius 1 is 1.38 bits per heavy atom. The average Bonchev–Trinajstić information content (AvgIpc) is 2.59. The van der Waals surface area contributed by atoms with Crippen LogP contribution in [0.25, 0.3) is 0 Å². The van der Waals surface area contributed by atoms with Crippen LogP contribution in [0.15, 0.2) is 4.47 Å². The second-order valence-corrected chi connectivity index (χ2v) is 4.29. The van der Waals surface area contributed by atoms with Crippen molar-refractivity contribution in [3.63, 3.8) is 0 Å². The summed E-state index contributed by atoms with van der Waals surface area (Å²) >= 11 is 9.46. The highest BCUT2D eigenvalue weighted by molar-refractivity contribution is 9.10. The van der Waals surface area contributed by atoms with Crippen molar-refractivity contribution in [3.05, 3.63) is 26.2 Å². The summed E-state index contributed by atoms with van der Waals surface area (Å²) in [6.45, 7) is 3.24. The zero-order valence-corrected chi connectivity index (χ0v) is 9.50. The van der Waals surface area contributed by atoms with Gasteiger partial charge in [-0.05, 0) is 39.5 Å². The second kappa shape index (κ2) is 3.15. The number of fused-ring (bicyclic) bond motifs is 1. The first-order valence-corrected chi connectivity index (χ1v) is 5.12. The molecule has 0 unspecified atom stereocenters. The van der Waals surface area contributed by atoms with Crippen molar-refractivity contribution in [3.8, 4) is 0 Å². The molecule has 2 nitrogen and oxygen atoms in total. The van der Waals surface area contributed by atoms with Crippen LogP contribution in [0, 0.1) is 6.92 Å². The molecule has 1 aromatic rings. The van der Waals surface area contributed by atoms with E-state index in [0.717, 1.165) is 15.6 Å². The van der Waals surface area contributed by atoms with Crippen molar-refractivity contribution >= 4 is 33.2 Å². The quantitative estimate of drug-likeness (QED) is 0.730. The number of ether oxygens (including phenoxy) is 1. The van der Waals surface area contributed by atoms with Crippen LogP contribution in [-0.4, -0.2) is 0 Å². The predicted octanol–water partition coefficient (Wildman–Crippen LogP) is 3.02. The van der Waals surface area contributed by atoms with E-state index >= 15 is 0 Å². The van der Waals surface area contributed by atoms with Gasteiger partial charge in [-0.25, -0.2) is 0 Å². The van der Waals surface area contributed by atoms with Gasteiger partial charge in [0.2, 0.25) is 0 Å². The monoisotopic (exact) mass is 261 g/mol. The lowest BCUT2D eigenvalue weighted by Crippen LogP contribution is -1.98. The molecule has 0 saturated heterocycles. The smallest absolute Gasteiger partial charge is 0.0783 e. The Hall–Kier alpha value is -0.250. The van der Waals surface area contributed by atoms with Gasteiger partial charge in [0.05, 0.1) is 23.9 Å². The fraction of sp³-hybridized carbons (Fsp3) is 0.333. The minimum Gasteiger partial charge on any atom is -0.397 e. The van der Waals surface area contributed by atoms with Crippen LogP contribution >= 0.6 is 27.5 Å². The maximum atomic E-state index is 6.04. The topological polar surface area (TPSA) is 35.2 Å². The molecule has 2 N–H and O–H groups in total. The number of nitrogens with two attached hydrogens (primary N) is 1. The summed E-state index contributed by atoms with van der Waals surface area (Å²) in [6.07, 6.45) is 0. The second-order valence-electron chi connectivity index (χ2n) is 3.12. The van der Waals surface area contributed by atoms with Gasteiger partial charge in [0, 0.05) is 4.47 Å². The molecule has 70 valence electrons. The van der Waals surface area contributed by atoms with Crippen LogP contribution in [-0.2, 0) is 18.0 Å². The van der Waals surface area contributed by atoms with Gasteiger partial charge in [0.1, 0.15) is 0 Å². The third-order valence-electron chi connectivity index (χ3n) is 2.41. The number of anilines is 1. The molecule has 0 bridgehead atoms. The molecule has 0 amide bonds. The number of nitrogen functional groups attached to an aromatic ring is 1. The molecule has 1 aliphatic rings. The number of rotatable bonds is 0. The molecule has 0 spiro atoms. The van der Waals surface area contributed by atoms with Crippen molar-refractivity contribution in [1.29, 1.82) is 0 Å². The minimum absolute atomic E-state index is 0.599. The molecule has 0 aliphatic carbocycles. The van der Waals surface area contributed by atoms with E-state index in [1.807, 2.05) is 6.92 Å². The molecule has 4 heteroatoms. The van der Waals surface area contributed by atoms with Gasteiger partial charge in [-0.2, -0.15) is 0 Å². The number of hydrogen-bond acceptors (Lipinski definition) is 2. The Kier molecular flexibility index (Phi) is 2.26. The number of halogens is 2. The molecule has 2 rings (SSSR count). The van der Waals surface area contributed by atoms with E-state index in [2.05, 4.69) is 15.9 Å². The van der Waals surface area contributed by atoms with E-state index < -0.39 is 0 Å². The third kappa shape index (κ3) is 1.26. The van der Waals surface area contributed by atoms with Gasteiger partial charge < -0.3 is 10.5 Å². The first kappa shape index (κ1) is 9.31. The highest BCUT2D eigenvalue weighted by atomic mass is 79.9. The standard InChI is InChI=1S/C9H9BrClNO/c1-4-5-2-13-3-6(5)7(10)8(11)9(4)12/h2-3,12H2,1H3. The lowest BCUT2D eigenvalue weighted by molar-refractivity contribution is 0.134. The van der Waals surface area contributed by atoms with Gasteiger partial charge >= 0.3 is 0 Å². The molecule has 1 heterocycles. The van der Waals surface area contributed by atoms with Crippen LogP contribution in [0.4, 0.5) is 5.69 Å². The average molecular weight is 263 g/mol. The van der Waals surface area contributed by atoms with Crippen LogP contribution in [0.3, 0.4) is 0 Å². The van der Waals surface area contributed by atoms with Crippen LogP contribution in [0.5, 0.6) is 0 Å². The SMILES string of the molecule is Cc1c(N)c(Cl)c(Br)c2c1COC2. The van der Waals surface area contributed by atoms with Gasteiger partial charge in [-0.3, -0.25) is 0 Å². The van der Waals surface area contributed by atoms with Gasteiger partial charge in [-0.15, -0.1) is 0 Å². The van der Waals surface area contributed by atoms with E-state index in [1.54, 1.807) is 0 Å². The normalized spacial score (nSPS) is 14.7. The summed E-state index contributed by atoms with van der Waals surface area (Å²) in [5.41, 5.74) is 9.84. The van der Waals surface area contributed by atoms with Crippen LogP contribution in [0.2, 0.25) is 5.02 Å². The summed E-state index contributed by atoms with van der Waals surface area (Å²) < 4.78 is 6.22. The van der Waals surface area contributed by atoms with Crippen molar-refractivity contribution in [2.45, 2.75) is 20.1 Å². The zero-order chi connectivity index (χ0) is 9.59. The van der Waals surface area contributed by atoms with Gasteiger partial charge in [0.25, 0.3) is 0 Å². The fourth-order valence-electron chi connectivity index (χ4n) is 1.54. The van der Waals surface area contributed by atoms with E-state index in [0.29, 0.717) is 23.9 Å². The molecular formula is C9H9BrClNO. The van der Waals surface area contributed by atoms with Crippen molar-refractivity contribution in [2.24, 2.45) is 0 Å². The van der Waals surface area contributed by atoms with Gasteiger partial charge in [-0.1, -0.05) is 11.6 Å².